The van der Waals surface area contributed by atoms with Crippen LogP contribution in [0.5, 0.6) is 0 Å². The Balaban J connectivity index is 2.49. The number of hydrogen-bond acceptors (Lipinski definition) is 4. The van der Waals surface area contributed by atoms with Gasteiger partial charge in [0, 0.05) is 10.0 Å². The average Bonchev–Trinajstić information content (AvgIpc) is 2.53. The van der Waals surface area contributed by atoms with Crippen molar-refractivity contribution in [1.29, 1.82) is 0 Å². The first-order valence-electron chi connectivity index (χ1n) is 6.38. The first kappa shape index (κ1) is 17.6. The van der Waals surface area contributed by atoms with Gasteiger partial charge in [0.2, 0.25) is 0 Å². The molecule has 0 fully saturated rings. The number of benzene rings is 2. The first-order valence-corrected chi connectivity index (χ1v) is 8.57. The summed E-state index contributed by atoms with van der Waals surface area (Å²) >= 11 is 11.6. The summed E-state index contributed by atoms with van der Waals surface area (Å²) < 4.78 is 26.6. The van der Waals surface area contributed by atoms with Gasteiger partial charge in [-0.05, 0) is 48.5 Å². The third-order valence-electron chi connectivity index (χ3n) is 2.96. The van der Waals surface area contributed by atoms with E-state index in [1.807, 2.05) is 5.43 Å². The first-order chi connectivity index (χ1) is 10.8. The second-order valence-electron chi connectivity index (χ2n) is 4.51. The molecule has 9 heteroatoms. The number of nitrogens with one attached hydrogen (secondary N) is 1. The lowest BCUT2D eigenvalue weighted by atomic mass is 10.3. The fourth-order valence-corrected chi connectivity index (χ4v) is 3.51. The summed E-state index contributed by atoms with van der Waals surface area (Å²) in [5.74, 6) is 4.41. The van der Waals surface area contributed by atoms with E-state index in [-0.39, 0.29) is 10.6 Å². The van der Waals surface area contributed by atoms with E-state index in [0.717, 1.165) is 4.31 Å². The Morgan fingerprint density at radius 1 is 1.00 bits per heavy atom. The quantitative estimate of drug-likeness (QED) is 0.477. The van der Waals surface area contributed by atoms with Gasteiger partial charge in [0.1, 0.15) is 6.54 Å². The summed E-state index contributed by atoms with van der Waals surface area (Å²) in [6.07, 6.45) is 0. The van der Waals surface area contributed by atoms with E-state index < -0.39 is 22.5 Å². The van der Waals surface area contributed by atoms with Crippen LogP contribution in [0.1, 0.15) is 0 Å². The molecule has 0 saturated carbocycles. The van der Waals surface area contributed by atoms with Crippen molar-refractivity contribution in [2.75, 3.05) is 10.8 Å². The Hall–Kier alpha value is -1.80. The van der Waals surface area contributed by atoms with Crippen LogP contribution >= 0.6 is 23.2 Å². The van der Waals surface area contributed by atoms with Crippen LogP contribution < -0.4 is 15.6 Å². The molecule has 23 heavy (non-hydrogen) atoms. The maximum absolute atomic E-state index is 12.8. The number of halogens is 2. The highest BCUT2D eigenvalue weighted by Gasteiger charge is 2.26. The van der Waals surface area contributed by atoms with Crippen molar-refractivity contribution in [2.24, 2.45) is 5.84 Å². The maximum atomic E-state index is 12.8. The zero-order valence-electron chi connectivity index (χ0n) is 11.7. The average molecular weight is 374 g/mol. The molecule has 6 nitrogen and oxygen atoms in total. The number of hydrogen-bond donors (Lipinski definition) is 2. The van der Waals surface area contributed by atoms with Gasteiger partial charge >= 0.3 is 0 Å². The topological polar surface area (TPSA) is 92.5 Å². The van der Waals surface area contributed by atoms with Gasteiger partial charge in [-0.1, -0.05) is 23.2 Å². The molecule has 2 rings (SSSR count). The zero-order chi connectivity index (χ0) is 17.0. The van der Waals surface area contributed by atoms with Crippen molar-refractivity contribution in [3.05, 3.63) is 58.6 Å². The SMILES string of the molecule is NNC(=O)CN(c1ccc(Cl)cc1)S(=O)(=O)c1ccc(Cl)cc1. The second kappa shape index (κ2) is 7.18. The van der Waals surface area contributed by atoms with Crippen molar-refractivity contribution < 1.29 is 13.2 Å². The van der Waals surface area contributed by atoms with Gasteiger partial charge in [-0.3, -0.25) is 14.5 Å². The van der Waals surface area contributed by atoms with Crippen molar-refractivity contribution in [1.82, 2.24) is 5.43 Å². The van der Waals surface area contributed by atoms with Crippen molar-refractivity contribution in [2.45, 2.75) is 4.90 Å². The van der Waals surface area contributed by atoms with E-state index in [1.54, 1.807) is 0 Å². The summed E-state index contributed by atoms with van der Waals surface area (Å²) in [7, 11) is -3.97. The summed E-state index contributed by atoms with van der Waals surface area (Å²) in [6, 6.07) is 11.7. The lowest BCUT2D eigenvalue weighted by Gasteiger charge is -2.23. The fourth-order valence-electron chi connectivity index (χ4n) is 1.83. The molecule has 0 bridgehead atoms. The van der Waals surface area contributed by atoms with Gasteiger partial charge in [-0.25, -0.2) is 14.3 Å². The highest BCUT2D eigenvalue weighted by Crippen LogP contribution is 2.25. The van der Waals surface area contributed by atoms with E-state index in [4.69, 9.17) is 29.0 Å². The van der Waals surface area contributed by atoms with Crippen molar-refractivity contribution >= 4 is 44.8 Å². The largest absolute Gasteiger partial charge is 0.293 e. The molecule has 0 aliphatic carbocycles. The summed E-state index contributed by atoms with van der Waals surface area (Å²) in [4.78, 5) is 11.6. The number of nitrogens with zero attached hydrogens (tertiary/aromatic N) is 1. The predicted octanol–water partition coefficient (Wildman–Crippen LogP) is 2.18. The molecule has 0 unspecified atom stereocenters. The zero-order valence-corrected chi connectivity index (χ0v) is 14.1. The van der Waals surface area contributed by atoms with Crippen LogP contribution in [0.4, 0.5) is 5.69 Å². The number of hydrazine groups is 1. The van der Waals surface area contributed by atoms with E-state index in [9.17, 15) is 13.2 Å². The van der Waals surface area contributed by atoms with Crippen LogP contribution in [0.3, 0.4) is 0 Å². The molecule has 0 aliphatic heterocycles. The molecule has 0 aliphatic rings. The minimum atomic E-state index is -3.97. The molecular weight excluding hydrogens is 361 g/mol. The van der Waals surface area contributed by atoms with Crippen LogP contribution in [0.15, 0.2) is 53.4 Å². The molecule has 0 saturated heterocycles. The standard InChI is InChI=1S/C14H13Cl2N3O3S/c15-10-1-5-12(6-2-10)19(9-14(20)18-17)23(21,22)13-7-3-11(16)4-8-13/h1-8H,9,17H2,(H,18,20). The Morgan fingerprint density at radius 2 is 1.48 bits per heavy atom. The Labute approximate surface area is 143 Å². The van der Waals surface area contributed by atoms with Gasteiger partial charge in [0.05, 0.1) is 10.6 Å². The number of nitrogens with two attached hydrogens (primary N) is 1. The molecule has 1 amide bonds. The molecule has 0 aromatic heterocycles. The Bertz CT molecular complexity index is 793. The highest BCUT2D eigenvalue weighted by molar-refractivity contribution is 7.92. The predicted molar refractivity (Wildman–Crippen MR) is 89.8 cm³/mol. The van der Waals surface area contributed by atoms with Crippen LogP contribution in [0.25, 0.3) is 0 Å². The number of amides is 1. The van der Waals surface area contributed by atoms with Gasteiger partial charge in [-0.2, -0.15) is 0 Å². The van der Waals surface area contributed by atoms with E-state index >= 15 is 0 Å². The number of anilines is 1. The molecule has 2 aromatic carbocycles. The highest BCUT2D eigenvalue weighted by atomic mass is 35.5. The maximum Gasteiger partial charge on any atom is 0.264 e. The van der Waals surface area contributed by atoms with Gasteiger partial charge in [-0.15, -0.1) is 0 Å². The normalized spacial score (nSPS) is 11.1. The molecular formula is C14H13Cl2N3O3S. The van der Waals surface area contributed by atoms with Gasteiger partial charge in [0.15, 0.2) is 0 Å². The molecule has 2 aromatic rings. The number of sulfonamides is 1. The third-order valence-corrected chi connectivity index (χ3v) is 5.26. The molecule has 122 valence electrons. The molecule has 0 radical (unpaired) electrons. The van der Waals surface area contributed by atoms with Crippen molar-refractivity contribution in [3.63, 3.8) is 0 Å². The minimum Gasteiger partial charge on any atom is -0.293 e. The lowest BCUT2D eigenvalue weighted by molar-refractivity contribution is -0.119. The van der Waals surface area contributed by atoms with Gasteiger partial charge in [0.25, 0.3) is 15.9 Å². The second-order valence-corrected chi connectivity index (χ2v) is 7.24. The fraction of sp³-hybridized carbons (Fsp3) is 0.0714. The third kappa shape index (κ3) is 4.14. The lowest BCUT2D eigenvalue weighted by Crippen LogP contribution is -2.43. The van der Waals surface area contributed by atoms with Crippen LogP contribution in [-0.4, -0.2) is 20.9 Å². The summed E-state index contributed by atoms with van der Waals surface area (Å²) in [6.45, 7) is -0.469. The summed E-state index contributed by atoms with van der Waals surface area (Å²) in [5, 5.41) is 0.850. The number of rotatable bonds is 5. The Morgan fingerprint density at radius 3 is 1.96 bits per heavy atom. The van der Waals surface area contributed by atoms with Crippen LogP contribution in [0.2, 0.25) is 10.0 Å². The minimum absolute atomic E-state index is 0.00155. The van der Waals surface area contributed by atoms with Gasteiger partial charge < -0.3 is 0 Å². The number of carbonyl (C=O) groups is 1. The van der Waals surface area contributed by atoms with Crippen LogP contribution in [-0.2, 0) is 14.8 Å². The van der Waals surface area contributed by atoms with Crippen LogP contribution in [0, 0.1) is 0 Å². The molecule has 0 heterocycles. The van der Waals surface area contributed by atoms with Crippen molar-refractivity contribution in [3.8, 4) is 0 Å². The summed E-state index contributed by atoms with van der Waals surface area (Å²) in [5.41, 5.74) is 2.20. The van der Waals surface area contributed by atoms with E-state index in [2.05, 4.69) is 0 Å². The molecule has 0 atom stereocenters. The van der Waals surface area contributed by atoms with E-state index in [0.29, 0.717) is 10.0 Å². The monoisotopic (exact) mass is 373 g/mol. The molecule has 3 N–H and O–H groups in total. The smallest absolute Gasteiger partial charge is 0.264 e. The number of carbonyl (C=O) groups excluding carboxylic acids is 1. The Kier molecular flexibility index (Phi) is 5.48. The van der Waals surface area contributed by atoms with E-state index in [1.165, 1.54) is 48.5 Å². The molecule has 0 spiro atoms.